The molecule has 13 heavy (non-hydrogen) atoms. The van der Waals surface area contributed by atoms with Crippen molar-refractivity contribution in [1.82, 2.24) is 0 Å². The summed E-state index contributed by atoms with van der Waals surface area (Å²) >= 11 is 0. The second-order valence-corrected chi connectivity index (χ2v) is 4.13. The number of hydrogen-bond acceptors (Lipinski definition) is 2. The van der Waals surface area contributed by atoms with Crippen LogP contribution in [0.3, 0.4) is 0 Å². The zero-order chi connectivity index (χ0) is 9.68. The normalized spacial score (nSPS) is 34.8. The van der Waals surface area contributed by atoms with Gasteiger partial charge in [-0.1, -0.05) is 19.8 Å². The Morgan fingerprint density at radius 3 is 2.69 bits per heavy atom. The van der Waals surface area contributed by atoms with E-state index in [-0.39, 0.29) is 6.04 Å². The van der Waals surface area contributed by atoms with Crippen LogP contribution in [-0.4, -0.2) is 18.8 Å². The third-order valence-electron chi connectivity index (χ3n) is 3.03. The Bertz CT molecular complexity index is 138. The number of rotatable bonds is 4. The maximum Gasteiger partial charge on any atom is 0.0728 e. The van der Waals surface area contributed by atoms with Crippen LogP contribution in [0.4, 0.5) is 0 Å². The zero-order valence-corrected chi connectivity index (χ0v) is 8.96. The fraction of sp³-hybridized carbons (Fsp3) is 1.00. The Balaban J connectivity index is 2.33. The monoisotopic (exact) mass is 185 g/mol. The lowest BCUT2D eigenvalue weighted by Gasteiger charge is -2.33. The number of ether oxygens (including phenoxy) is 1. The molecule has 1 fully saturated rings. The lowest BCUT2D eigenvalue weighted by Crippen LogP contribution is -2.42. The summed E-state index contributed by atoms with van der Waals surface area (Å²) in [5.74, 6) is 0.862. The van der Waals surface area contributed by atoms with Crippen molar-refractivity contribution in [3.63, 3.8) is 0 Å². The minimum absolute atomic E-state index is 0.285. The van der Waals surface area contributed by atoms with E-state index in [9.17, 15) is 0 Å². The molecule has 0 aliphatic heterocycles. The van der Waals surface area contributed by atoms with E-state index >= 15 is 0 Å². The van der Waals surface area contributed by atoms with Gasteiger partial charge in [-0.25, -0.2) is 0 Å². The van der Waals surface area contributed by atoms with Crippen molar-refractivity contribution in [3.05, 3.63) is 0 Å². The van der Waals surface area contributed by atoms with Gasteiger partial charge >= 0.3 is 0 Å². The standard InChI is InChI=1S/C11H23NO/c1-3-5-9-6-7-10(12)11(8-9)13-4-2/h9-11H,3-8,12H2,1-2H3. The van der Waals surface area contributed by atoms with Crippen LogP contribution in [0.5, 0.6) is 0 Å². The van der Waals surface area contributed by atoms with Crippen LogP contribution < -0.4 is 5.73 Å². The minimum Gasteiger partial charge on any atom is -0.377 e. The Kier molecular flexibility index (Phi) is 4.74. The third-order valence-corrected chi connectivity index (χ3v) is 3.03. The summed E-state index contributed by atoms with van der Waals surface area (Å²) in [5.41, 5.74) is 6.00. The maximum atomic E-state index is 6.00. The maximum absolute atomic E-state index is 6.00. The first-order valence-electron chi connectivity index (χ1n) is 5.65. The predicted octanol–water partition coefficient (Wildman–Crippen LogP) is 2.32. The third kappa shape index (κ3) is 3.28. The van der Waals surface area contributed by atoms with E-state index in [0.29, 0.717) is 6.10 Å². The van der Waals surface area contributed by atoms with Gasteiger partial charge in [0.15, 0.2) is 0 Å². The highest BCUT2D eigenvalue weighted by Crippen LogP contribution is 2.28. The van der Waals surface area contributed by atoms with Crippen LogP contribution in [0.25, 0.3) is 0 Å². The molecule has 0 aromatic rings. The summed E-state index contributed by atoms with van der Waals surface area (Å²) in [6.07, 6.45) is 6.60. The van der Waals surface area contributed by atoms with Gasteiger partial charge in [-0.15, -0.1) is 0 Å². The summed E-state index contributed by atoms with van der Waals surface area (Å²) in [6.45, 7) is 5.11. The van der Waals surface area contributed by atoms with Crippen molar-refractivity contribution in [1.29, 1.82) is 0 Å². The molecule has 0 aromatic heterocycles. The zero-order valence-electron chi connectivity index (χ0n) is 8.96. The molecule has 0 saturated heterocycles. The smallest absolute Gasteiger partial charge is 0.0728 e. The van der Waals surface area contributed by atoms with Crippen LogP contribution in [0.1, 0.15) is 46.0 Å². The van der Waals surface area contributed by atoms with Crippen molar-refractivity contribution >= 4 is 0 Å². The first-order valence-corrected chi connectivity index (χ1v) is 5.65. The average Bonchev–Trinajstić information content (AvgIpc) is 2.12. The highest BCUT2D eigenvalue weighted by atomic mass is 16.5. The second kappa shape index (κ2) is 5.61. The van der Waals surface area contributed by atoms with E-state index in [0.717, 1.165) is 18.9 Å². The molecule has 2 heteroatoms. The van der Waals surface area contributed by atoms with Gasteiger partial charge in [0.25, 0.3) is 0 Å². The van der Waals surface area contributed by atoms with Crippen LogP contribution >= 0.6 is 0 Å². The van der Waals surface area contributed by atoms with Gasteiger partial charge in [0.1, 0.15) is 0 Å². The van der Waals surface area contributed by atoms with E-state index in [2.05, 4.69) is 13.8 Å². The Morgan fingerprint density at radius 2 is 2.08 bits per heavy atom. The topological polar surface area (TPSA) is 35.2 Å². The van der Waals surface area contributed by atoms with E-state index < -0.39 is 0 Å². The molecule has 1 aliphatic rings. The molecule has 0 bridgehead atoms. The molecule has 1 saturated carbocycles. The van der Waals surface area contributed by atoms with E-state index in [1.54, 1.807) is 0 Å². The average molecular weight is 185 g/mol. The Labute approximate surface area is 81.8 Å². The summed E-state index contributed by atoms with van der Waals surface area (Å²) in [4.78, 5) is 0. The Hall–Kier alpha value is -0.0800. The molecule has 0 spiro atoms. The predicted molar refractivity (Wildman–Crippen MR) is 55.6 cm³/mol. The number of nitrogens with two attached hydrogens (primary N) is 1. The second-order valence-electron chi connectivity index (χ2n) is 4.13. The van der Waals surface area contributed by atoms with E-state index in [1.165, 1.54) is 25.7 Å². The molecule has 0 heterocycles. The number of hydrogen-bond donors (Lipinski definition) is 1. The fourth-order valence-electron chi connectivity index (χ4n) is 2.31. The van der Waals surface area contributed by atoms with E-state index in [1.807, 2.05) is 0 Å². The van der Waals surface area contributed by atoms with Gasteiger partial charge in [-0.3, -0.25) is 0 Å². The first kappa shape index (κ1) is 11.0. The summed E-state index contributed by atoms with van der Waals surface area (Å²) in [7, 11) is 0. The highest BCUT2D eigenvalue weighted by Gasteiger charge is 2.27. The minimum atomic E-state index is 0.285. The lowest BCUT2D eigenvalue weighted by molar-refractivity contribution is 0.00526. The molecule has 0 aromatic carbocycles. The molecule has 1 rings (SSSR count). The van der Waals surface area contributed by atoms with Crippen molar-refractivity contribution < 1.29 is 4.74 Å². The van der Waals surface area contributed by atoms with Gasteiger partial charge in [0.2, 0.25) is 0 Å². The Morgan fingerprint density at radius 1 is 1.31 bits per heavy atom. The van der Waals surface area contributed by atoms with Crippen molar-refractivity contribution in [2.24, 2.45) is 11.7 Å². The summed E-state index contributed by atoms with van der Waals surface area (Å²) < 4.78 is 5.65. The van der Waals surface area contributed by atoms with Crippen molar-refractivity contribution in [3.8, 4) is 0 Å². The highest BCUT2D eigenvalue weighted by molar-refractivity contribution is 4.83. The molecule has 3 unspecified atom stereocenters. The van der Waals surface area contributed by atoms with Crippen LogP contribution in [0.2, 0.25) is 0 Å². The molecule has 78 valence electrons. The van der Waals surface area contributed by atoms with Crippen molar-refractivity contribution in [2.75, 3.05) is 6.61 Å². The molecule has 0 amide bonds. The van der Waals surface area contributed by atoms with Crippen molar-refractivity contribution in [2.45, 2.75) is 58.1 Å². The molecule has 2 N–H and O–H groups in total. The molecule has 0 radical (unpaired) electrons. The van der Waals surface area contributed by atoms with Gasteiger partial charge in [0, 0.05) is 12.6 Å². The van der Waals surface area contributed by atoms with Crippen LogP contribution in [0, 0.1) is 5.92 Å². The lowest BCUT2D eigenvalue weighted by atomic mass is 9.82. The first-order chi connectivity index (χ1) is 6.27. The summed E-state index contributed by atoms with van der Waals surface area (Å²) in [5, 5.41) is 0. The molecule has 2 nitrogen and oxygen atoms in total. The SMILES string of the molecule is CCCC1CCC(N)C(OCC)C1. The van der Waals surface area contributed by atoms with E-state index in [4.69, 9.17) is 10.5 Å². The molecule has 3 atom stereocenters. The van der Waals surface area contributed by atoms with Crippen LogP contribution in [-0.2, 0) is 4.74 Å². The van der Waals surface area contributed by atoms with Gasteiger partial charge in [0.05, 0.1) is 6.10 Å². The molecular weight excluding hydrogens is 162 g/mol. The van der Waals surface area contributed by atoms with Gasteiger partial charge in [-0.05, 0) is 32.1 Å². The molecule has 1 aliphatic carbocycles. The largest absolute Gasteiger partial charge is 0.377 e. The van der Waals surface area contributed by atoms with Crippen LogP contribution in [0.15, 0.2) is 0 Å². The quantitative estimate of drug-likeness (QED) is 0.729. The fourth-order valence-corrected chi connectivity index (χ4v) is 2.31. The van der Waals surface area contributed by atoms with Gasteiger partial charge in [-0.2, -0.15) is 0 Å². The summed E-state index contributed by atoms with van der Waals surface area (Å²) in [6, 6.07) is 0.285. The molecular formula is C11H23NO. The van der Waals surface area contributed by atoms with Gasteiger partial charge < -0.3 is 10.5 Å².